The molecule has 1 heterocycles. The van der Waals surface area contributed by atoms with Gasteiger partial charge in [-0.2, -0.15) is 0 Å². The topological polar surface area (TPSA) is 55.8 Å². The van der Waals surface area contributed by atoms with Crippen molar-refractivity contribution >= 4 is 44.9 Å². The summed E-state index contributed by atoms with van der Waals surface area (Å²) in [6.45, 7) is 0.277. The zero-order valence-electron chi connectivity index (χ0n) is 17.7. The lowest BCUT2D eigenvalue weighted by molar-refractivity contribution is -0.123. The molecule has 174 valence electrons. The van der Waals surface area contributed by atoms with Crippen LogP contribution in [0.1, 0.15) is 11.1 Å². The maximum absolute atomic E-state index is 13.4. The molecule has 34 heavy (non-hydrogen) atoms. The molecule has 5 nitrogen and oxygen atoms in total. The monoisotopic (exact) mass is 545 g/mol. The normalized spacial score (nSPS) is 14.7. The molecule has 0 N–H and O–H groups in total. The van der Waals surface area contributed by atoms with E-state index in [4.69, 9.17) is 9.47 Å². The smallest absolute Gasteiger partial charge is 0.293 e. The van der Waals surface area contributed by atoms with Gasteiger partial charge < -0.3 is 9.47 Å². The average molecular weight is 546 g/mol. The summed E-state index contributed by atoms with van der Waals surface area (Å²) in [4.78, 5) is 26.6. The van der Waals surface area contributed by atoms with Crippen LogP contribution in [0.15, 0.2) is 76.1 Å². The minimum absolute atomic E-state index is 0.0563. The average Bonchev–Trinajstić information content (AvgIpc) is 3.07. The van der Waals surface area contributed by atoms with Gasteiger partial charge in [-0.3, -0.25) is 14.5 Å². The zero-order valence-corrected chi connectivity index (χ0v) is 20.1. The number of ether oxygens (including phenoxy) is 2. The fourth-order valence-corrected chi connectivity index (χ4v) is 4.41. The van der Waals surface area contributed by atoms with Gasteiger partial charge in [-0.05, 0) is 78.0 Å². The largest absolute Gasteiger partial charge is 0.492 e. The van der Waals surface area contributed by atoms with Crippen molar-refractivity contribution in [3.05, 3.63) is 98.9 Å². The first-order valence-corrected chi connectivity index (χ1v) is 11.8. The Bertz CT molecular complexity index is 1250. The van der Waals surface area contributed by atoms with Crippen LogP contribution in [0.4, 0.5) is 13.6 Å². The summed E-state index contributed by atoms with van der Waals surface area (Å²) in [6, 6.07) is 16.9. The second kappa shape index (κ2) is 10.8. The summed E-state index contributed by atoms with van der Waals surface area (Å²) in [5.41, 5.74) is 1.26. The first-order chi connectivity index (χ1) is 16.4. The third-order valence-electron chi connectivity index (χ3n) is 4.81. The SMILES string of the molecule is O=C1S/C(=C\c2cc(Br)ccc2OCc2cccc(F)c2)C(=O)N1CCOc1ccc(F)cc1. The highest BCUT2D eigenvalue weighted by atomic mass is 79.9. The molecule has 0 atom stereocenters. The maximum Gasteiger partial charge on any atom is 0.293 e. The molecule has 0 saturated carbocycles. The van der Waals surface area contributed by atoms with Gasteiger partial charge in [0.1, 0.15) is 36.3 Å². The number of rotatable bonds is 8. The van der Waals surface area contributed by atoms with Gasteiger partial charge in [0.2, 0.25) is 0 Å². The molecule has 1 fully saturated rings. The Hall–Kier alpha value is -3.17. The molecule has 2 amide bonds. The van der Waals surface area contributed by atoms with Crippen molar-refractivity contribution in [1.82, 2.24) is 4.90 Å². The van der Waals surface area contributed by atoms with E-state index >= 15 is 0 Å². The number of halogens is 3. The van der Waals surface area contributed by atoms with E-state index in [2.05, 4.69) is 15.9 Å². The second-order valence-corrected chi connectivity index (χ2v) is 9.15. The standard InChI is InChI=1S/C25H18BrF2NO4S/c26-18-4-9-22(33-15-16-2-1-3-20(28)12-16)17(13-18)14-23-24(30)29(25(31)34-23)10-11-32-21-7-5-19(27)6-8-21/h1-9,12-14H,10-11,15H2/b23-14-. The van der Waals surface area contributed by atoms with Crippen LogP contribution >= 0.6 is 27.7 Å². The van der Waals surface area contributed by atoms with Crippen LogP contribution in [0.25, 0.3) is 6.08 Å². The van der Waals surface area contributed by atoms with Crippen molar-refractivity contribution in [2.45, 2.75) is 6.61 Å². The molecule has 1 saturated heterocycles. The highest BCUT2D eigenvalue weighted by Crippen LogP contribution is 2.35. The summed E-state index contributed by atoms with van der Waals surface area (Å²) < 4.78 is 38.6. The number of hydrogen-bond donors (Lipinski definition) is 0. The molecule has 3 aromatic carbocycles. The minimum Gasteiger partial charge on any atom is -0.492 e. The van der Waals surface area contributed by atoms with E-state index in [1.165, 1.54) is 36.4 Å². The lowest BCUT2D eigenvalue weighted by Gasteiger charge is -2.13. The van der Waals surface area contributed by atoms with E-state index in [1.807, 2.05) is 0 Å². The van der Waals surface area contributed by atoms with Gasteiger partial charge >= 0.3 is 0 Å². The van der Waals surface area contributed by atoms with Crippen LogP contribution < -0.4 is 9.47 Å². The Labute approximate surface area is 207 Å². The van der Waals surface area contributed by atoms with Gasteiger partial charge in [0, 0.05) is 10.0 Å². The second-order valence-electron chi connectivity index (χ2n) is 7.24. The van der Waals surface area contributed by atoms with Gasteiger partial charge in [0.15, 0.2) is 0 Å². The van der Waals surface area contributed by atoms with Gasteiger partial charge in [-0.25, -0.2) is 8.78 Å². The van der Waals surface area contributed by atoms with Gasteiger partial charge in [-0.15, -0.1) is 0 Å². The molecule has 4 rings (SSSR count). The molecule has 0 unspecified atom stereocenters. The molecule has 1 aliphatic rings. The van der Waals surface area contributed by atoms with Crippen molar-refractivity contribution in [2.75, 3.05) is 13.2 Å². The molecule has 9 heteroatoms. The number of hydrogen-bond acceptors (Lipinski definition) is 5. The minimum atomic E-state index is -0.436. The number of carbonyl (C=O) groups excluding carboxylic acids is 2. The van der Waals surface area contributed by atoms with E-state index in [0.717, 1.165) is 21.1 Å². The van der Waals surface area contributed by atoms with Crippen molar-refractivity contribution in [2.24, 2.45) is 0 Å². The van der Waals surface area contributed by atoms with Crippen molar-refractivity contribution in [3.8, 4) is 11.5 Å². The molecule has 0 aliphatic carbocycles. The highest BCUT2D eigenvalue weighted by molar-refractivity contribution is 9.10. The number of nitrogens with zero attached hydrogens (tertiary/aromatic N) is 1. The van der Waals surface area contributed by atoms with Crippen molar-refractivity contribution < 1.29 is 27.8 Å². The third kappa shape index (κ3) is 6.03. The summed E-state index contributed by atoms with van der Waals surface area (Å²) in [5, 5.41) is -0.406. The molecule has 0 spiro atoms. The number of thioether (sulfide) groups is 1. The number of imide groups is 1. The number of benzene rings is 3. The Morgan fingerprint density at radius 1 is 0.941 bits per heavy atom. The van der Waals surface area contributed by atoms with Gasteiger partial charge in [0.25, 0.3) is 11.1 Å². The zero-order chi connectivity index (χ0) is 24.1. The Morgan fingerprint density at radius 2 is 1.74 bits per heavy atom. The van der Waals surface area contributed by atoms with Crippen LogP contribution in [0.3, 0.4) is 0 Å². The molecule has 0 radical (unpaired) electrons. The van der Waals surface area contributed by atoms with E-state index < -0.39 is 11.1 Å². The predicted molar refractivity (Wildman–Crippen MR) is 129 cm³/mol. The van der Waals surface area contributed by atoms with E-state index in [0.29, 0.717) is 22.6 Å². The lowest BCUT2D eigenvalue weighted by Crippen LogP contribution is -2.32. The molecular formula is C25H18BrF2NO4S. The summed E-state index contributed by atoms with van der Waals surface area (Å²) in [6.07, 6.45) is 1.59. The van der Waals surface area contributed by atoms with Crippen LogP contribution in [-0.4, -0.2) is 29.2 Å². The Morgan fingerprint density at radius 3 is 2.50 bits per heavy atom. The fraction of sp³-hybridized carbons (Fsp3) is 0.120. The molecule has 0 bridgehead atoms. The molecule has 1 aliphatic heterocycles. The van der Waals surface area contributed by atoms with Gasteiger partial charge in [0.05, 0.1) is 11.4 Å². The first-order valence-electron chi connectivity index (χ1n) is 10.2. The van der Waals surface area contributed by atoms with Crippen molar-refractivity contribution in [1.29, 1.82) is 0 Å². The van der Waals surface area contributed by atoms with Crippen LogP contribution in [0, 0.1) is 11.6 Å². The fourth-order valence-electron chi connectivity index (χ4n) is 3.17. The van der Waals surface area contributed by atoms with Crippen molar-refractivity contribution in [3.63, 3.8) is 0 Å². The van der Waals surface area contributed by atoms with Crippen LogP contribution in [0.5, 0.6) is 11.5 Å². The molecule has 3 aromatic rings. The van der Waals surface area contributed by atoms with E-state index in [9.17, 15) is 18.4 Å². The maximum atomic E-state index is 13.4. The Balaban J connectivity index is 1.44. The number of carbonyl (C=O) groups is 2. The third-order valence-corrected chi connectivity index (χ3v) is 6.21. The highest BCUT2D eigenvalue weighted by Gasteiger charge is 2.35. The number of amides is 2. The Kier molecular flexibility index (Phi) is 7.64. The summed E-state index contributed by atoms with van der Waals surface area (Å²) in [7, 11) is 0. The van der Waals surface area contributed by atoms with E-state index in [-0.39, 0.29) is 36.3 Å². The van der Waals surface area contributed by atoms with E-state index in [1.54, 1.807) is 36.4 Å². The quantitative estimate of drug-likeness (QED) is 0.305. The van der Waals surface area contributed by atoms with Gasteiger partial charge in [-0.1, -0.05) is 28.1 Å². The first kappa shape index (κ1) is 24.0. The van der Waals surface area contributed by atoms with Crippen LogP contribution in [0.2, 0.25) is 0 Å². The van der Waals surface area contributed by atoms with Crippen LogP contribution in [-0.2, 0) is 11.4 Å². The molecule has 0 aromatic heterocycles. The molecular weight excluding hydrogens is 528 g/mol. The lowest BCUT2D eigenvalue weighted by atomic mass is 10.1. The predicted octanol–water partition coefficient (Wildman–Crippen LogP) is 6.42. The summed E-state index contributed by atoms with van der Waals surface area (Å²) in [5.74, 6) is -0.240. The summed E-state index contributed by atoms with van der Waals surface area (Å²) >= 11 is 4.24.